The third kappa shape index (κ3) is 7.83. The minimum atomic E-state index is -1.06. The molecule has 6 rings (SSSR count). The SMILES string of the molecule is COc1ccc(Cn2cc(-c3ccnc(Nc4cc(C)cc(-c5cnc(C6(O)CCC(C(=O)OC(C)(C)C)CC6)s5)c4)n3)nn2)cc1. The monoisotopic (exact) mass is 653 g/mol. The molecule has 12 heteroatoms. The molecule has 3 aromatic heterocycles. The minimum absolute atomic E-state index is 0.190. The third-order valence-electron chi connectivity index (χ3n) is 8.03. The summed E-state index contributed by atoms with van der Waals surface area (Å²) < 4.78 is 12.6. The second kappa shape index (κ2) is 13.2. The Morgan fingerprint density at radius 1 is 1.09 bits per heavy atom. The molecule has 3 heterocycles. The molecule has 1 saturated carbocycles. The first-order valence-corrected chi connectivity index (χ1v) is 16.5. The maximum atomic E-state index is 12.6. The summed E-state index contributed by atoms with van der Waals surface area (Å²) in [6.07, 6.45) is 7.43. The summed E-state index contributed by atoms with van der Waals surface area (Å²) in [6.45, 7) is 8.22. The van der Waals surface area contributed by atoms with Crippen LogP contribution in [0.25, 0.3) is 21.8 Å². The van der Waals surface area contributed by atoms with Crippen LogP contribution in [-0.2, 0) is 21.7 Å². The quantitative estimate of drug-likeness (QED) is 0.166. The second-order valence-electron chi connectivity index (χ2n) is 13.0. The van der Waals surface area contributed by atoms with Gasteiger partial charge in [0.25, 0.3) is 0 Å². The fourth-order valence-corrected chi connectivity index (χ4v) is 6.70. The first-order chi connectivity index (χ1) is 22.5. The van der Waals surface area contributed by atoms with E-state index in [1.165, 1.54) is 11.3 Å². The van der Waals surface area contributed by atoms with Gasteiger partial charge in [-0.1, -0.05) is 23.4 Å². The van der Waals surface area contributed by atoms with Crippen LogP contribution in [-0.4, -0.2) is 53.7 Å². The van der Waals surface area contributed by atoms with Crippen molar-refractivity contribution in [3.05, 3.63) is 83.3 Å². The fourth-order valence-electron chi connectivity index (χ4n) is 5.65. The normalized spacial score (nSPS) is 18.1. The number of methoxy groups -OCH3 is 1. The molecule has 0 spiro atoms. The van der Waals surface area contributed by atoms with Crippen LogP contribution in [0, 0.1) is 12.8 Å². The van der Waals surface area contributed by atoms with E-state index in [4.69, 9.17) is 14.5 Å². The van der Waals surface area contributed by atoms with Crippen LogP contribution >= 0.6 is 11.3 Å². The summed E-state index contributed by atoms with van der Waals surface area (Å²) >= 11 is 1.48. The van der Waals surface area contributed by atoms with Crippen molar-refractivity contribution >= 4 is 28.9 Å². The topological polar surface area (TPSA) is 137 Å². The van der Waals surface area contributed by atoms with Crippen molar-refractivity contribution in [2.75, 3.05) is 12.4 Å². The van der Waals surface area contributed by atoms with E-state index in [1.54, 1.807) is 24.1 Å². The number of nitrogens with one attached hydrogen (secondary N) is 1. The van der Waals surface area contributed by atoms with Gasteiger partial charge in [0.05, 0.1) is 36.3 Å². The second-order valence-corrected chi connectivity index (χ2v) is 14.0. The number of hydrogen-bond donors (Lipinski definition) is 2. The smallest absolute Gasteiger partial charge is 0.309 e. The van der Waals surface area contributed by atoms with Crippen LogP contribution in [0.5, 0.6) is 5.75 Å². The van der Waals surface area contributed by atoms with Gasteiger partial charge in [-0.3, -0.25) is 4.79 Å². The number of aryl methyl sites for hydroxylation is 1. The molecule has 0 bridgehead atoms. The molecule has 0 unspecified atom stereocenters. The highest BCUT2D eigenvalue weighted by Crippen LogP contribution is 2.43. The number of benzene rings is 2. The maximum Gasteiger partial charge on any atom is 0.309 e. The van der Waals surface area contributed by atoms with E-state index in [0.29, 0.717) is 54.6 Å². The molecule has 5 aromatic rings. The molecule has 0 aliphatic heterocycles. The number of carbonyl (C=O) groups is 1. The van der Waals surface area contributed by atoms with Crippen LogP contribution < -0.4 is 10.1 Å². The molecule has 0 amide bonds. The van der Waals surface area contributed by atoms with E-state index in [-0.39, 0.29) is 11.9 Å². The largest absolute Gasteiger partial charge is 0.497 e. The molecular weight excluding hydrogens is 614 g/mol. The summed E-state index contributed by atoms with van der Waals surface area (Å²) in [4.78, 5) is 27.3. The molecule has 2 aromatic carbocycles. The molecule has 0 radical (unpaired) electrons. The first kappa shape index (κ1) is 32.3. The molecule has 1 aliphatic carbocycles. The van der Waals surface area contributed by atoms with Crippen LogP contribution in [0.3, 0.4) is 0 Å². The van der Waals surface area contributed by atoms with Crippen LogP contribution in [0.15, 0.2) is 67.1 Å². The van der Waals surface area contributed by atoms with E-state index < -0.39 is 11.2 Å². The molecule has 1 aliphatic rings. The van der Waals surface area contributed by atoms with Crippen molar-refractivity contribution < 1.29 is 19.4 Å². The van der Waals surface area contributed by atoms with Crippen molar-refractivity contribution in [3.63, 3.8) is 0 Å². The summed E-state index contributed by atoms with van der Waals surface area (Å²) in [7, 11) is 1.65. The van der Waals surface area contributed by atoms with Crippen LogP contribution in [0.2, 0.25) is 0 Å². The average molecular weight is 654 g/mol. The van der Waals surface area contributed by atoms with E-state index >= 15 is 0 Å². The summed E-state index contributed by atoms with van der Waals surface area (Å²) in [5.74, 6) is 0.849. The Labute approximate surface area is 278 Å². The number of esters is 1. The standard InChI is InChI=1S/C35H39N7O4S/c1-22-16-25(30-19-37-32(47-30)35(44)13-10-24(11-14-35)31(43)46-34(2,3)4)18-26(17-22)38-33-36-15-12-28(39-33)29-21-42(41-40-29)20-23-6-8-27(45-5)9-7-23/h6-9,12,15-19,21,24,44H,10-11,13-14,20H2,1-5H3,(H,36,38,39). The molecule has 2 N–H and O–H groups in total. The highest BCUT2D eigenvalue weighted by molar-refractivity contribution is 7.15. The Kier molecular flexibility index (Phi) is 9.07. The van der Waals surface area contributed by atoms with Gasteiger partial charge in [-0.15, -0.1) is 16.4 Å². The average Bonchev–Trinajstić information content (AvgIpc) is 3.72. The molecule has 0 atom stereocenters. The van der Waals surface area contributed by atoms with Gasteiger partial charge < -0.3 is 19.9 Å². The highest BCUT2D eigenvalue weighted by Gasteiger charge is 2.40. The Balaban J connectivity index is 1.13. The van der Waals surface area contributed by atoms with Crippen LogP contribution in [0.4, 0.5) is 11.6 Å². The van der Waals surface area contributed by atoms with Gasteiger partial charge >= 0.3 is 5.97 Å². The molecule has 47 heavy (non-hydrogen) atoms. The number of anilines is 2. The maximum absolute atomic E-state index is 12.6. The van der Waals surface area contributed by atoms with Crippen LogP contribution in [0.1, 0.15) is 62.6 Å². The van der Waals surface area contributed by atoms with Gasteiger partial charge in [0.2, 0.25) is 5.95 Å². The zero-order chi connectivity index (χ0) is 33.2. The molecular formula is C35H39N7O4S. The lowest BCUT2D eigenvalue weighted by Crippen LogP contribution is -2.36. The summed E-state index contributed by atoms with van der Waals surface area (Å²) in [5.41, 5.74) is 3.64. The summed E-state index contributed by atoms with van der Waals surface area (Å²) in [5, 5.41) is 24.1. The number of hydrogen-bond acceptors (Lipinski definition) is 11. The Morgan fingerprint density at radius 3 is 2.57 bits per heavy atom. The van der Waals surface area contributed by atoms with E-state index in [2.05, 4.69) is 31.7 Å². The number of thiazole rings is 1. The number of rotatable bonds is 9. The lowest BCUT2D eigenvalue weighted by molar-refractivity contribution is -0.163. The lowest BCUT2D eigenvalue weighted by Gasteiger charge is -2.34. The highest BCUT2D eigenvalue weighted by atomic mass is 32.1. The number of ether oxygens (including phenoxy) is 2. The molecule has 0 saturated heterocycles. The van der Waals surface area contributed by atoms with Gasteiger partial charge in [-0.25, -0.2) is 19.6 Å². The summed E-state index contributed by atoms with van der Waals surface area (Å²) in [6, 6.07) is 15.8. The van der Waals surface area contributed by atoms with Crippen molar-refractivity contribution in [3.8, 4) is 27.6 Å². The molecule has 244 valence electrons. The fraction of sp³-hybridized carbons (Fsp3) is 0.371. The predicted molar refractivity (Wildman–Crippen MR) is 180 cm³/mol. The predicted octanol–water partition coefficient (Wildman–Crippen LogP) is 6.69. The number of aromatic nitrogens is 6. The first-order valence-electron chi connectivity index (χ1n) is 15.6. The van der Waals surface area contributed by atoms with Crippen molar-refractivity contribution in [1.29, 1.82) is 0 Å². The molecule has 11 nitrogen and oxygen atoms in total. The number of nitrogens with zero attached hydrogens (tertiary/aromatic N) is 6. The lowest BCUT2D eigenvalue weighted by atomic mass is 9.79. The van der Waals surface area contributed by atoms with Gasteiger partial charge in [0.15, 0.2) is 0 Å². The van der Waals surface area contributed by atoms with Gasteiger partial charge in [-0.2, -0.15) is 0 Å². The van der Waals surface area contributed by atoms with E-state index in [0.717, 1.165) is 33.0 Å². The van der Waals surface area contributed by atoms with E-state index in [1.807, 2.05) is 76.5 Å². The minimum Gasteiger partial charge on any atom is -0.497 e. The zero-order valence-electron chi connectivity index (χ0n) is 27.2. The third-order valence-corrected chi connectivity index (χ3v) is 9.27. The van der Waals surface area contributed by atoms with E-state index in [9.17, 15) is 9.90 Å². The van der Waals surface area contributed by atoms with Gasteiger partial charge in [-0.05, 0) is 100 Å². The van der Waals surface area contributed by atoms with Gasteiger partial charge in [0, 0.05) is 18.1 Å². The number of carbonyl (C=O) groups excluding carboxylic acids is 1. The number of aliphatic hydroxyl groups is 1. The molecule has 1 fully saturated rings. The zero-order valence-corrected chi connectivity index (χ0v) is 28.0. The van der Waals surface area contributed by atoms with Crippen molar-refractivity contribution in [2.45, 2.75) is 71.1 Å². The van der Waals surface area contributed by atoms with Crippen molar-refractivity contribution in [2.24, 2.45) is 5.92 Å². The Morgan fingerprint density at radius 2 is 1.85 bits per heavy atom. The van der Waals surface area contributed by atoms with Gasteiger partial charge in [0.1, 0.15) is 27.7 Å². The van der Waals surface area contributed by atoms with Crippen molar-refractivity contribution in [1.82, 2.24) is 29.9 Å². The Bertz CT molecular complexity index is 1850. The Hall–Kier alpha value is -4.68.